The predicted molar refractivity (Wildman–Crippen MR) is 75.8 cm³/mol. The van der Waals surface area contributed by atoms with Crippen LogP contribution >= 0.6 is 11.6 Å². The zero-order valence-corrected chi connectivity index (χ0v) is 11.9. The van der Waals surface area contributed by atoms with Crippen molar-refractivity contribution < 1.29 is 4.79 Å². The highest BCUT2D eigenvalue weighted by Gasteiger charge is 2.13. The van der Waals surface area contributed by atoms with Crippen LogP contribution in [0, 0.1) is 0 Å². The van der Waals surface area contributed by atoms with Gasteiger partial charge in [0.25, 0.3) is 0 Å². The van der Waals surface area contributed by atoms with Gasteiger partial charge in [-0.2, -0.15) is 0 Å². The molecule has 3 nitrogen and oxygen atoms in total. The van der Waals surface area contributed by atoms with Crippen LogP contribution in [0.25, 0.3) is 0 Å². The Kier molecular flexibility index (Phi) is 6.16. The van der Waals surface area contributed by atoms with Gasteiger partial charge in [-0.25, -0.2) is 0 Å². The molecule has 0 fully saturated rings. The predicted octanol–water partition coefficient (Wildman–Crippen LogP) is 2.91. The van der Waals surface area contributed by atoms with E-state index in [9.17, 15) is 4.79 Å². The Bertz CT molecular complexity index is 395. The molecule has 0 saturated heterocycles. The van der Waals surface area contributed by atoms with Crippen LogP contribution in [0.4, 0.5) is 0 Å². The van der Waals surface area contributed by atoms with E-state index in [1.807, 2.05) is 45.0 Å². The SMILES string of the molecule is CCNC(C)CC(=O)N[C@@H](C)c1ccccc1Cl. The van der Waals surface area contributed by atoms with Crippen molar-refractivity contribution in [3.63, 3.8) is 0 Å². The van der Waals surface area contributed by atoms with E-state index >= 15 is 0 Å². The molecule has 100 valence electrons. The summed E-state index contributed by atoms with van der Waals surface area (Å²) in [6, 6.07) is 7.69. The topological polar surface area (TPSA) is 41.1 Å². The molecule has 1 aromatic rings. The van der Waals surface area contributed by atoms with Crippen LogP contribution in [0.2, 0.25) is 5.02 Å². The first-order chi connectivity index (χ1) is 8.54. The van der Waals surface area contributed by atoms with Crippen molar-refractivity contribution >= 4 is 17.5 Å². The summed E-state index contributed by atoms with van der Waals surface area (Å²) in [5, 5.41) is 6.86. The molecule has 1 aromatic carbocycles. The molecule has 1 rings (SSSR count). The third-order valence-corrected chi connectivity index (χ3v) is 3.14. The molecule has 1 amide bonds. The minimum atomic E-state index is -0.0694. The zero-order chi connectivity index (χ0) is 13.5. The van der Waals surface area contributed by atoms with Crippen LogP contribution in [-0.2, 0) is 4.79 Å². The third-order valence-electron chi connectivity index (χ3n) is 2.79. The highest BCUT2D eigenvalue weighted by molar-refractivity contribution is 6.31. The Labute approximate surface area is 114 Å². The lowest BCUT2D eigenvalue weighted by Crippen LogP contribution is -2.34. The minimum absolute atomic E-state index is 0.0378. The third kappa shape index (κ3) is 4.67. The van der Waals surface area contributed by atoms with Crippen molar-refractivity contribution in [2.24, 2.45) is 0 Å². The fraction of sp³-hybridized carbons (Fsp3) is 0.500. The van der Waals surface area contributed by atoms with Crippen LogP contribution in [0.1, 0.15) is 38.8 Å². The second-order valence-electron chi connectivity index (χ2n) is 4.47. The standard InChI is InChI=1S/C14H21ClN2O/c1-4-16-10(2)9-14(18)17-11(3)12-7-5-6-8-13(12)15/h5-8,10-11,16H,4,9H2,1-3H3,(H,17,18)/t10?,11-/m0/s1. The Morgan fingerprint density at radius 3 is 2.61 bits per heavy atom. The molecule has 0 aliphatic carbocycles. The maximum absolute atomic E-state index is 11.8. The average Bonchev–Trinajstić information content (AvgIpc) is 2.29. The highest BCUT2D eigenvalue weighted by atomic mass is 35.5. The molecular formula is C14H21ClN2O. The van der Waals surface area contributed by atoms with E-state index in [1.165, 1.54) is 0 Å². The largest absolute Gasteiger partial charge is 0.349 e. The van der Waals surface area contributed by atoms with Gasteiger partial charge in [0.2, 0.25) is 5.91 Å². The number of carbonyl (C=O) groups excluding carboxylic acids is 1. The normalized spacial score (nSPS) is 14.0. The molecule has 0 spiro atoms. The van der Waals surface area contributed by atoms with Gasteiger partial charge in [-0.05, 0) is 32.0 Å². The molecule has 0 aliphatic rings. The van der Waals surface area contributed by atoms with Crippen LogP contribution in [0.5, 0.6) is 0 Å². The molecule has 0 radical (unpaired) electrons. The summed E-state index contributed by atoms with van der Waals surface area (Å²) in [7, 11) is 0. The summed E-state index contributed by atoms with van der Waals surface area (Å²) in [6.07, 6.45) is 0.475. The van der Waals surface area contributed by atoms with Gasteiger partial charge >= 0.3 is 0 Å². The zero-order valence-electron chi connectivity index (χ0n) is 11.2. The molecule has 0 bridgehead atoms. The van der Waals surface area contributed by atoms with Gasteiger partial charge in [0.15, 0.2) is 0 Å². The Balaban J connectivity index is 2.52. The van der Waals surface area contributed by atoms with E-state index in [1.54, 1.807) is 0 Å². The van der Waals surface area contributed by atoms with E-state index in [4.69, 9.17) is 11.6 Å². The van der Waals surface area contributed by atoms with Gasteiger partial charge in [0, 0.05) is 17.5 Å². The van der Waals surface area contributed by atoms with E-state index in [-0.39, 0.29) is 18.0 Å². The molecule has 2 atom stereocenters. The lowest BCUT2D eigenvalue weighted by molar-refractivity contribution is -0.122. The van der Waals surface area contributed by atoms with Crippen molar-refractivity contribution in [1.82, 2.24) is 10.6 Å². The number of nitrogens with one attached hydrogen (secondary N) is 2. The maximum Gasteiger partial charge on any atom is 0.222 e. The van der Waals surface area contributed by atoms with Gasteiger partial charge < -0.3 is 10.6 Å². The van der Waals surface area contributed by atoms with Crippen molar-refractivity contribution in [2.45, 2.75) is 39.3 Å². The monoisotopic (exact) mass is 268 g/mol. The number of carbonyl (C=O) groups is 1. The fourth-order valence-corrected chi connectivity index (χ4v) is 2.20. The number of hydrogen-bond acceptors (Lipinski definition) is 2. The number of amides is 1. The maximum atomic E-state index is 11.8. The van der Waals surface area contributed by atoms with Gasteiger partial charge in [0.05, 0.1) is 6.04 Å². The molecule has 0 aromatic heterocycles. The first-order valence-electron chi connectivity index (χ1n) is 6.31. The van der Waals surface area contributed by atoms with Crippen LogP contribution in [-0.4, -0.2) is 18.5 Å². The molecule has 0 saturated carbocycles. The number of hydrogen-bond donors (Lipinski definition) is 2. The molecule has 1 unspecified atom stereocenters. The average molecular weight is 269 g/mol. The van der Waals surface area contributed by atoms with Crippen molar-refractivity contribution in [3.8, 4) is 0 Å². The summed E-state index contributed by atoms with van der Waals surface area (Å²) in [5.41, 5.74) is 0.948. The number of benzene rings is 1. The van der Waals surface area contributed by atoms with Crippen LogP contribution in [0.3, 0.4) is 0 Å². The molecule has 0 heterocycles. The van der Waals surface area contributed by atoms with E-state index < -0.39 is 0 Å². The summed E-state index contributed by atoms with van der Waals surface area (Å²) >= 11 is 6.09. The number of rotatable bonds is 6. The first kappa shape index (κ1) is 15.0. The first-order valence-corrected chi connectivity index (χ1v) is 6.69. The second-order valence-corrected chi connectivity index (χ2v) is 4.88. The lowest BCUT2D eigenvalue weighted by atomic mass is 10.1. The van der Waals surface area contributed by atoms with E-state index in [0.29, 0.717) is 11.4 Å². The van der Waals surface area contributed by atoms with Crippen LogP contribution < -0.4 is 10.6 Å². The smallest absolute Gasteiger partial charge is 0.222 e. The highest BCUT2D eigenvalue weighted by Crippen LogP contribution is 2.22. The van der Waals surface area contributed by atoms with Gasteiger partial charge in [-0.1, -0.05) is 36.7 Å². The van der Waals surface area contributed by atoms with Crippen molar-refractivity contribution in [1.29, 1.82) is 0 Å². The minimum Gasteiger partial charge on any atom is -0.349 e. The van der Waals surface area contributed by atoms with Crippen LogP contribution in [0.15, 0.2) is 24.3 Å². The Hall–Kier alpha value is -1.06. The lowest BCUT2D eigenvalue weighted by Gasteiger charge is -2.17. The molecule has 0 aliphatic heterocycles. The van der Waals surface area contributed by atoms with Gasteiger partial charge in [0.1, 0.15) is 0 Å². The van der Waals surface area contributed by atoms with Gasteiger partial charge in [-0.15, -0.1) is 0 Å². The molecular weight excluding hydrogens is 248 g/mol. The van der Waals surface area contributed by atoms with Crippen molar-refractivity contribution in [2.75, 3.05) is 6.54 Å². The second kappa shape index (κ2) is 7.39. The number of halogens is 1. The quantitative estimate of drug-likeness (QED) is 0.833. The van der Waals surface area contributed by atoms with E-state index in [0.717, 1.165) is 12.1 Å². The summed E-state index contributed by atoms with van der Waals surface area (Å²) in [6.45, 7) is 6.84. The fourth-order valence-electron chi connectivity index (χ4n) is 1.90. The summed E-state index contributed by atoms with van der Waals surface area (Å²) in [4.78, 5) is 11.8. The molecule has 2 N–H and O–H groups in total. The van der Waals surface area contributed by atoms with Gasteiger partial charge in [-0.3, -0.25) is 4.79 Å². The summed E-state index contributed by atoms with van der Waals surface area (Å²) < 4.78 is 0. The van der Waals surface area contributed by atoms with Crippen molar-refractivity contribution in [3.05, 3.63) is 34.9 Å². The molecule has 4 heteroatoms. The Morgan fingerprint density at radius 1 is 1.33 bits per heavy atom. The van der Waals surface area contributed by atoms with E-state index in [2.05, 4.69) is 10.6 Å². The molecule has 18 heavy (non-hydrogen) atoms. The Morgan fingerprint density at radius 2 is 2.00 bits per heavy atom. The summed E-state index contributed by atoms with van der Waals surface area (Å²) in [5.74, 6) is 0.0378.